The van der Waals surface area contributed by atoms with Crippen LogP contribution in [0.3, 0.4) is 0 Å². The molecule has 0 amide bonds. The summed E-state index contributed by atoms with van der Waals surface area (Å²) in [6.07, 6.45) is 4.46. The standard InChI is InChI=1S/C21H20ClN5O2/c1-26-19(28)12-18(17-6-9-23-13-24-17)25-21(26)27-10-7-15(8-11-27)20(29)14-2-4-16(22)5-3-14/h2-6,9,12-13,15H,7-8,10-11H2,1H3. The summed E-state index contributed by atoms with van der Waals surface area (Å²) in [6, 6.07) is 10.2. The van der Waals surface area contributed by atoms with Gasteiger partial charge in [0, 0.05) is 48.9 Å². The van der Waals surface area contributed by atoms with Gasteiger partial charge in [-0.05, 0) is 43.2 Å². The molecule has 0 unspecified atom stereocenters. The molecule has 0 atom stereocenters. The van der Waals surface area contributed by atoms with Crippen LogP contribution < -0.4 is 10.5 Å². The number of benzene rings is 1. The van der Waals surface area contributed by atoms with Crippen LogP contribution in [0, 0.1) is 5.92 Å². The molecule has 148 valence electrons. The Morgan fingerprint density at radius 3 is 2.48 bits per heavy atom. The van der Waals surface area contributed by atoms with Gasteiger partial charge in [0.2, 0.25) is 5.95 Å². The Bertz CT molecular complexity index is 1070. The summed E-state index contributed by atoms with van der Waals surface area (Å²) in [7, 11) is 1.71. The molecule has 0 bridgehead atoms. The molecular weight excluding hydrogens is 390 g/mol. The number of Topliss-reactive ketones (excluding diaryl/α,β-unsaturated/α-hetero) is 1. The summed E-state index contributed by atoms with van der Waals surface area (Å²) in [5.41, 5.74) is 1.66. The molecule has 0 radical (unpaired) electrons. The van der Waals surface area contributed by atoms with Crippen LogP contribution in [0.5, 0.6) is 0 Å². The van der Waals surface area contributed by atoms with E-state index in [1.807, 2.05) is 0 Å². The number of ketones is 1. The Balaban J connectivity index is 1.52. The van der Waals surface area contributed by atoms with Gasteiger partial charge in [-0.1, -0.05) is 11.6 Å². The van der Waals surface area contributed by atoms with Gasteiger partial charge in [0.15, 0.2) is 5.78 Å². The first-order chi connectivity index (χ1) is 14.0. The lowest BCUT2D eigenvalue weighted by Crippen LogP contribution is -2.39. The normalized spacial score (nSPS) is 14.8. The van der Waals surface area contributed by atoms with Crippen molar-refractivity contribution in [2.45, 2.75) is 12.8 Å². The number of anilines is 1. The maximum Gasteiger partial charge on any atom is 0.255 e. The van der Waals surface area contributed by atoms with E-state index in [9.17, 15) is 9.59 Å². The van der Waals surface area contributed by atoms with Crippen LogP contribution in [0.2, 0.25) is 5.02 Å². The molecule has 29 heavy (non-hydrogen) atoms. The van der Waals surface area contributed by atoms with Crippen LogP contribution in [-0.4, -0.2) is 38.4 Å². The zero-order valence-corrected chi connectivity index (χ0v) is 16.7. The zero-order valence-electron chi connectivity index (χ0n) is 16.0. The number of hydrogen-bond donors (Lipinski definition) is 0. The van der Waals surface area contributed by atoms with Crippen LogP contribution >= 0.6 is 11.6 Å². The number of rotatable bonds is 4. The molecule has 7 nitrogen and oxygen atoms in total. The summed E-state index contributed by atoms with van der Waals surface area (Å²) < 4.78 is 1.53. The van der Waals surface area contributed by atoms with Crippen molar-refractivity contribution in [3.8, 4) is 11.4 Å². The molecule has 1 fully saturated rings. The average molecular weight is 410 g/mol. The zero-order chi connectivity index (χ0) is 20.4. The van der Waals surface area contributed by atoms with Crippen molar-refractivity contribution >= 4 is 23.3 Å². The Morgan fingerprint density at radius 1 is 1.10 bits per heavy atom. The predicted molar refractivity (Wildman–Crippen MR) is 111 cm³/mol. The van der Waals surface area contributed by atoms with E-state index in [4.69, 9.17) is 11.6 Å². The molecule has 4 rings (SSSR count). The first-order valence-electron chi connectivity index (χ1n) is 9.42. The molecule has 1 saturated heterocycles. The summed E-state index contributed by atoms with van der Waals surface area (Å²) in [4.78, 5) is 40.0. The Hall–Kier alpha value is -3.06. The lowest BCUT2D eigenvalue weighted by atomic mass is 9.89. The molecular formula is C21H20ClN5O2. The van der Waals surface area contributed by atoms with Crippen molar-refractivity contribution in [2.75, 3.05) is 18.0 Å². The fourth-order valence-corrected chi connectivity index (χ4v) is 3.70. The molecule has 0 N–H and O–H groups in total. The van der Waals surface area contributed by atoms with Crippen molar-refractivity contribution in [3.63, 3.8) is 0 Å². The molecule has 0 spiro atoms. The summed E-state index contributed by atoms with van der Waals surface area (Å²) >= 11 is 5.91. The highest BCUT2D eigenvalue weighted by atomic mass is 35.5. The maximum absolute atomic E-state index is 12.8. The van der Waals surface area contributed by atoms with Gasteiger partial charge in [-0.3, -0.25) is 14.2 Å². The van der Waals surface area contributed by atoms with Gasteiger partial charge in [-0.2, -0.15) is 0 Å². The second-order valence-electron chi connectivity index (χ2n) is 7.07. The highest BCUT2D eigenvalue weighted by Gasteiger charge is 2.27. The van der Waals surface area contributed by atoms with Gasteiger partial charge >= 0.3 is 0 Å². The number of halogens is 1. The molecule has 2 aromatic heterocycles. The largest absolute Gasteiger partial charge is 0.342 e. The summed E-state index contributed by atoms with van der Waals surface area (Å²) in [6.45, 7) is 1.30. The highest BCUT2D eigenvalue weighted by molar-refractivity contribution is 6.30. The smallest absolute Gasteiger partial charge is 0.255 e. The number of nitrogens with zero attached hydrogens (tertiary/aromatic N) is 5. The SMILES string of the molecule is Cn1c(N2CCC(C(=O)c3ccc(Cl)cc3)CC2)nc(-c2ccncn2)cc1=O. The third-order valence-corrected chi connectivity index (χ3v) is 5.48. The molecule has 0 saturated carbocycles. The lowest BCUT2D eigenvalue weighted by molar-refractivity contribution is 0.0900. The first kappa shape index (κ1) is 19.3. The monoisotopic (exact) mass is 409 g/mol. The van der Waals surface area contributed by atoms with E-state index in [1.54, 1.807) is 43.6 Å². The summed E-state index contributed by atoms with van der Waals surface area (Å²) in [5.74, 6) is 0.677. The second-order valence-corrected chi connectivity index (χ2v) is 7.50. The quantitative estimate of drug-likeness (QED) is 0.616. The minimum absolute atomic E-state index is 0.0468. The molecule has 8 heteroatoms. The average Bonchev–Trinajstić information content (AvgIpc) is 2.76. The van der Waals surface area contributed by atoms with Crippen LogP contribution in [0.4, 0.5) is 5.95 Å². The van der Waals surface area contributed by atoms with E-state index in [0.717, 1.165) is 0 Å². The van der Waals surface area contributed by atoms with E-state index < -0.39 is 0 Å². The van der Waals surface area contributed by atoms with E-state index in [0.29, 0.717) is 53.9 Å². The fourth-order valence-electron chi connectivity index (χ4n) is 3.58. The van der Waals surface area contributed by atoms with Gasteiger partial charge in [-0.15, -0.1) is 0 Å². The van der Waals surface area contributed by atoms with E-state index in [1.165, 1.54) is 17.0 Å². The van der Waals surface area contributed by atoms with E-state index in [2.05, 4.69) is 19.9 Å². The molecule has 3 heterocycles. The third-order valence-electron chi connectivity index (χ3n) is 5.23. The minimum atomic E-state index is -0.150. The number of carbonyl (C=O) groups excluding carboxylic acids is 1. The lowest BCUT2D eigenvalue weighted by Gasteiger charge is -2.33. The van der Waals surface area contributed by atoms with Crippen molar-refractivity contribution < 1.29 is 4.79 Å². The van der Waals surface area contributed by atoms with Crippen molar-refractivity contribution in [1.29, 1.82) is 0 Å². The van der Waals surface area contributed by atoms with Gasteiger partial charge in [-0.25, -0.2) is 15.0 Å². The number of aromatic nitrogens is 4. The maximum atomic E-state index is 12.8. The topological polar surface area (TPSA) is 81.0 Å². The molecule has 1 aromatic carbocycles. The van der Waals surface area contributed by atoms with Crippen LogP contribution in [0.25, 0.3) is 11.4 Å². The van der Waals surface area contributed by atoms with Gasteiger partial charge in [0.05, 0.1) is 11.4 Å². The Kier molecular flexibility index (Phi) is 5.40. The van der Waals surface area contributed by atoms with Gasteiger partial charge < -0.3 is 4.90 Å². The van der Waals surface area contributed by atoms with Crippen molar-refractivity contribution in [2.24, 2.45) is 13.0 Å². The first-order valence-corrected chi connectivity index (χ1v) is 9.80. The Morgan fingerprint density at radius 2 is 1.83 bits per heavy atom. The summed E-state index contributed by atoms with van der Waals surface area (Å²) in [5, 5.41) is 0.618. The van der Waals surface area contributed by atoms with E-state index >= 15 is 0 Å². The Labute approximate surface area is 173 Å². The number of hydrogen-bond acceptors (Lipinski definition) is 6. The number of piperidine rings is 1. The van der Waals surface area contributed by atoms with Crippen molar-refractivity contribution in [1.82, 2.24) is 19.5 Å². The van der Waals surface area contributed by atoms with E-state index in [-0.39, 0.29) is 17.3 Å². The van der Waals surface area contributed by atoms with Crippen LogP contribution in [0.1, 0.15) is 23.2 Å². The molecule has 1 aliphatic rings. The fraction of sp³-hybridized carbons (Fsp3) is 0.286. The van der Waals surface area contributed by atoms with Gasteiger partial charge in [0.25, 0.3) is 5.56 Å². The number of carbonyl (C=O) groups is 1. The second kappa shape index (κ2) is 8.13. The highest BCUT2D eigenvalue weighted by Crippen LogP contribution is 2.26. The predicted octanol–water partition coefficient (Wildman–Crippen LogP) is 2.99. The van der Waals surface area contributed by atoms with Crippen molar-refractivity contribution in [3.05, 3.63) is 69.9 Å². The molecule has 1 aliphatic heterocycles. The van der Waals surface area contributed by atoms with Crippen LogP contribution in [-0.2, 0) is 7.05 Å². The minimum Gasteiger partial charge on any atom is -0.342 e. The molecule has 0 aliphatic carbocycles. The van der Waals surface area contributed by atoms with Crippen LogP contribution in [0.15, 0.2) is 53.7 Å². The third kappa shape index (κ3) is 4.05. The molecule has 3 aromatic rings. The van der Waals surface area contributed by atoms with Gasteiger partial charge in [0.1, 0.15) is 6.33 Å².